The van der Waals surface area contributed by atoms with Crippen molar-refractivity contribution in [2.45, 2.75) is 12.7 Å². The lowest BCUT2D eigenvalue weighted by Gasteiger charge is -2.11. The second-order valence-electron chi connectivity index (χ2n) is 3.43. The SMILES string of the molecule is C=Cc1cc(C(=O)OC)c(=O)n(CC(F)(F)F)c1. The molecule has 0 fully saturated rings. The maximum absolute atomic E-state index is 12.3. The molecule has 98 valence electrons. The van der Waals surface area contributed by atoms with Gasteiger partial charge in [-0.25, -0.2) is 4.79 Å². The minimum absolute atomic E-state index is 0.222. The average Bonchev–Trinajstić information content (AvgIpc) is 2.29. The van der Waals surface area contributed by atoms with Gasteiger partial charge in [0.05, 0.1) is 7.11 Å². The van der Waals surface area contributed by atoms with Crippen molar-refractivity contribution in [3.05, 3.63) is 40.3 Å². The molecule has 0 radical (unpaired) electrons. The molecule has 1 rings (SSSR count). The van der Waals surface area contributed by atoms with Gasteiger partial charge in [0.15, 0.2) is 0 Å². The van der Waals surface area contributed by atoms with Gasteiger partial charge >= 0.3 is 12.1 Å². The number of carbonyl (C=O) groups excluding carboxylic acids is 1. The highest BCUT2D eigenvalue weighted by Gasteiger charge is 2.29. The Morgan fingerprint density at radius 2 is 2.17 bits per heavy atom. The lowest BCUT2D eigenvalue weighted by molar-refractivity contribution is -0.141. The molecule has 0 atom stereocenters. The van der Waals surface area contributed by atoms with Crippen molar-refractivity contribution in [1.29, 1.82) is 0 Å². The van der Waals surface area contributed by atoms with Gasteiger partial charge in [0.2, 0.25) is 0 Å². The molecule has 0 aliphatic rings. The monoisotopic (exact) mass is 261 g/mol. The molecule has 0 N–H and O–H groups in total. The van der Waals surface area contributed by atoms with Crippen LogP contribution in [-0.2, 0) is 11.3 Å². The average molecular weight is 261 g/mol. The number of pyridine rings is 1. The molecule has 0 aliphatic carbocycles. The van der Waals surface area contributed by atoms with Gasteiger partial charge < -0.3 is 9.30 Å². The van der Waals surface area contributed by atoms with Crippen molar-refractivity contribution in [3.63, 3.8) is 0 Å². The van der Waals surface area contributed by atoms with E-state index in [4.69, 9.17) is 0 Å². The minimum atomic E-state index is -4.56. The van der Waals surface area contributed by atoms with Crippen LogP contribution in [0.5, 0.6) is 0 Å². The number of rotatable bonds is 3. The Balaban J connectivity index is 3.39. The van der Waals surface area contributed by atoms with E-state index in [1.54, 1.807) is 0 Å². The molecule has 0 aliphatic heterocycles. The van der Waals surface area contributed by atoms with Crippen LogP contribution in [0.25, 0.3) is 6.08 Å². The van der Waals surface area contributed by atoms with Crippen molar-refractivity contribution < 1.29 is 22.7 Å². The van der Waals surface area contributed by atoms with Gasteiger partial charge in [0, 0.05) is 6.20 Å². The van der Waals surface area contributed by atoms with Crippen LogP contribution < -0.4 is 5.56 Å². The molecule has 0 bridgehead atoms. The Morgan fingerprint density at radius 1 is 1.56 bits per heavy atom. The van der Waals surface area contributed by atoms with Gasteiger partial charge in [0.25, 0.3) is 5.56 Å². The zero-order valence-electron chi connectivity index (χ0n) is 9.45. The fraction of sp³-hybridized carbons (Fsp3) is 0.273. The van der Waals surface area contributed by atoms with Crippen LogP contribution >= 0.6 is 0 Å². The largest absolute Gasteiger partial charge is 0.465 e. The van der Waals surface area contributed by atoms with E-state index in [1.807, 2.05) is 0 Å². The van der Waals surface area contributed by atoms with E-state index in [0.717, 1.165) is 19.4 Å². The summed E-state index contributed by atoms with van der Waals surface area (Å²) < 4.78 is 41.5. The molecule has 1 aromatic heterocycles. The molecular formula is C11H10F3NO3. The molecule has 1 aromatic rings. The Kier molecular flexibility index (Phi) is 3.95. The molecule has 0 spiro atoms. The molecule has 0 aromatic carbocycles. The second-order valence-corrected chi connectivity index (χ2v) is 3.43. The Bertz CT molecular complexity index is 531. The van der Waals surface area contributed by atoms with Crippen LogP contribution in [0.3, 0.4) is 0 Å². The van der Waals surface area contributed by atoms with Crippen molar-refractivity contribution in [1.82, 2.24) is 4.57 Å². The molecule has 0 saturated heterocycles. The smallest absolute Gasteiger partial charge is 0.406 e. The zero-order valence-corrected chi connectivity index (χ0v) is 9.45. The number of hydrogen-bond donors (Lipinski definition) is 0. The number of carbonyl (C=O) groups is 1. The Hall–Kier alpha value is -2.05. The van der Waals surface area contributed by atoms with Crippen molar-refractivity contribution in [2.75, 3.05) is 7.11 Å². The van der Waals surface area contributed by atoms with E-state index >= 15 is 0 Å². The molecule has 18 heavy (non-hydrogen) atoms. The Morgan fingerprint density at radius 3 is 2.61 bits per heavy atom. The first-order chi connectivity index (χ1) is 8.28. The highest BCUT2D eigenvalue weighted by atomic mass is 19.4. The first kappa shape index (κ1) is 14.0. The highest BCUT2D eigenvalue weighted by Crippen LogP contribution is 2.17. The first-order valence-electron chi connectivity index (χ1n) is 4.80. The summed E-state index contributed by atoms with van der Waals surface area (Å²) in [6.45, 7) is 1.90. The van der Waals surface area contributed by atoms with Crippen molar-refractivity contribution in [3.8, 4) is 0 Å². The van der Waals surface area contributed by atoms with Crippen LogP contribution in [0.4, 0.5) is 13.2 Å². The number of hydrogen-bond acceptors (Lipinski definition) is 3. The minimum Gasteiger partial charge on any atom is -0.465 e. The lowest BCUT2D eigenvalue weighted by atomic mass is 10.2. The number of ether oxygens (including phenoxy) is 1. The third kappa shape index (κ3) is 3.22. The van der Waals surface area contributed by atoms with Crippen LogP contribution in [0.1, 0.15) is 15.9 Å². The van der Waals surface area contributed by atoms with Gasteiger partial charge in [-0.15, -0.1) is 0 Å². The van der Waals surface area contributed by atoms with E-state index < -0.39 is 29.8 Å². The molecular weight excluding hydrogens is 251 g/mol. The van der Waals surface area contributed by atoms with Gasteiger partial charge in [-0.1, -0.05) is 12.7 Å². The number of methoxy groups -OCH3 is 1. The second kappa shape index (κ2) is 5.07. The summed E-state index contributed by atoms with van der Waals surface area (Å²) in [5.74, 6) is -0.986. The van der Waals surface area contributed by atoms with Gasteiger partial charge in [0.1, 0.15) is 12.1 Å². The molecule has 4 nitrogen and oxygen atoms in total. The fourth-order valence-electron chi connectivity index (χ4n) is 1.34. The summed E-state index contributed by atoms with van der Waals surface area (Å²) in [5, 5.41) is 0. The maximum atomic E-state index is 12.3. The predicted molar refractivity (Wildman–Crippen MR) is 58.2 cm³/mol. The van der Waals surface area contributed by atoms with E-state index in [-0.39, 0.29) is 5.56 Å². The number of aromatic nitrogens is 1. The summed E-state index contributed by atoms with van der Waals surface area (Å²) in [6, 6.07) is 1.13. The van der Waals surface area contributed by atoms with E-state index in [0.29, 0.717) is 4.57 Å². The van der Waals surface area contributed by atoms with E-state index in [1.165, 1.54) is 6.08 Å². The third-order valence-corrected chi connectivity index (χ3v) is 2.10. The quantitative estimate of drug-likeness (QED) is 0.780. The molecule has 0 amide bonds. The van der Waals surface area contributed by atoms with Gasteiger partial charge in [-0.3, -0.25) is 4.79 Å². The van der Waals surface area contributed by atoms with Crippen LogP contribution in [0, 0.1) is 0 Å². The number of nitrogens with zero attached hydrogens (tertiary/aromatic N) is 1. The van der Waals surface area contributed by atoms with Crippen LogP contribution in [0.2, 0.25) is 0 Å². The molecule has 0 unspecified atom stereocenters. The summed E-state index contributed by atoms with van der Waals surface area (Å²) in [5.41, 5.74) is -1.29. The molecule has 0 saturated carbocycles. The highest BCUT2D eigenvalue weighted by molar-refractivity contribution is 5.89. The first-order valence-corrected chi connectivity index (χ1v) is 4.80. The molecule has 1 heterocycles. The summed E-state index contributed by atoms with van der Waals surface area (Å²) >= 11 is 0. The molecule has 7 heteroatoms. The van der Waals surface area contributed by atoms with Crippen molar-refractivity contribution in [2.24, 2.45) is 0 Å². The standard InChI is InChI=1S/C11H10F3NO3/c1-3-7-4-8(10(17)18-2)9(16)15(5-7)6-11(12,13)14/h3-5H,1,6H2,2H3. The van der Waals surface area contributed by atoms with Gasteiger partial charge in [-0.05, 0) is 11.6 Å². The van der Waals surface area contributed by atoms with Crippen LogP contribution in [0.15, 0.2) is 23.6 Å². The fourth-order valence-corrected chi connectivity index (χ4v) is 1.34. The van der Waals surface area contributed by atoms with E-state index in [2.05, 4.69) is 11.3 Å². The summed E-state index contributed by atoms with van der Waals surface area (Å²) in [4.78, 5) is 22.9. The number of esters is 1. The van der Waals surface area contributed by atoms with Crippen molar-refractivity contribution >= 4 is 12.0 Å². The van der Waals surface area contributed by atoms with Crippen LogP contribution in [-0.4, -0.2) is 23.8 Å². The number of halogens is 3. The normalized spacial score (nSPS) is 11.1. The summed E-state index contributed by atoms with van der Waals surface area (Å²) in [6.07, 6.45) is -2.34. The predicted octanol–water partition coefficient (Wildman–Crippen LogP) is 1.84. The van der Waals surface area contributed by atoms with E-state index in [9.17, 15) is 22.8 Å². The lowest BCUT2D eigenvalue weighted by Crippen LogP contribution is -2.32. The zero-order chi connectivity index (χ0) is 13.9. The third-order valence-electron chi connectivity index (χ3n) is 2.10. The maximum Gasteiger partial charge on any atom is 0.406 e. The topological polar surface area (TPSA) is 48.3 Å². The Labute approximate surface area is 100 Å². The number of alkyl halides is 3. The summed E-state index contributed by atoms with van der Waals surface area (Å²) in [7, 11) is 1.04. The van der Waals surface area contributed by atoms with Gasteiger partial charge in [-0.2, -0.15) is 13.2 Å².